The van der Waals surface area contributed by atoms with E-state index in [-0.39, 0.29) is 28.7 Å². The number of nitrogens with zero attached hydrogens (tertiary/aromatic N) is 4. The molecule has 0 N–H and O–H groups in total. The van der Waals surface area contributed by atoms with E-state index in [1.165, 1.54) is 28.8 Å². The van der Waals surface area contributed by atoms with Gasteiger partial charge in [-0.1, -0.05) is 46.8 Å². The third kappa shape index (κ3) is 4.53. The van der Waals surface area contributed by atoms with E-state index in [1.807, 2.05) is 0 Å². The van der Waals surface area contributed by atoms with Gasteiger partial charge in [-0.2, -0.15) is 0 Å². The Morgan fingerprint density at radius 2 is 1.65 bits per heavy atom. The number of aromatic nitrogens is 1. The standard InChI is InChI=1S/C27H23ClN4O6S2/c28-16-6-4-15(5-7-16)20-21-22(25(35)31(24(21)34)17-8-10-18(11-9-17)32(37)38)39-26-23(20)40-27(36)30(26)14-19(33)29-12-2-1-3-13-29/h4-11,20-22H,1-3,12-14H2/t20-,21+,22-/m0/s1. The first-order valence-electron chi connectivity index (χ1n) is 12.8. The van der Waals surface area contributed by atoms with E-state index < -0.39 is 33.8 Å². The van der Waals surface area contributed by atoms with Crippen molar-refractivity contribution in [2.75, 3.05) is 18.0 Å². The quantitative estimate of drug-likeness (QED) is 0.244. The van der Waals surface area contributed by atoms with Crippen molar-refractivity contribution in [3.8, 4) is 0 Å². The molecule has 206 valence electrons. The first-order chi connectivity index (χ1) is 19.2. The monoisotopic (exact) mass is 598 g/mol. The van der Waals surface area contributed by atoms with E-state index in [4.69, 9.17) is 11.6 Å². The number of hydrogen-bond donors (Lipinski definition) is 0. The molecule has 0 saturated carbocycles. The number of nitro benzene ring substituents is 1. The Labute approximate surface area is 241 Å². The number of likely N-dealkylation sites (tertiary alicyclic amines) is 1. The lowest BCUT2D eigenvalue weighted by Crippen LogP contribution is -2.39. The largest absolute Gasteiger partial charge is 0.341 e. The van der Waals surface area contributed by atoms with Gasteiger partial charge in [0.05, 0.1) is 21.6 Å². The molecule has 3 atom stereocenters. The lowest BCUT2D eigenvalue weighted by molar-refractivity contribution is -0.384. The Bertz CT molecular complexity index is 1580. The van der Waals surface area contributed by atoms with E-state index >= 15 is 0 Å². The summed E-state index contributed by atoms with van der Waals surface area (Å²) in [4.78, 5) is 67.8. The SMILES string of the molecule is O=C(Cn1c2c(sc1=O)[C@@H](c1ccc(Cl)cc1)[C@H]1C(=O)N(c3ccc([N+](=O)[O-])cc3)C(=O)[C@H]1S2)N1CCCCC1. The highest BCUT2D eigenvalue weighted by Gasteiger charge is 2.56. The highest BCUT2D eigenvalue weighted by Crippen LogP contribution is 2.54. The first kappa shape index (κ1) is 26.7. The van der Waals surface area contributed by atoms with Crippen molar-refractivity contribution in [3.63, 3.8) is 0 Å². The number of halogens is 1. The molecule has 4 heterocycles. The maximum Gasteiger partial charge on any atom is 0.308 e. The van der Waals surface area contributed by atoms with Crippen molar-refractivity contribution in [1.29, 1.82) is 0 Å². The molecule has 2 fully saturated rings. The van der Waals surface area contributed by atoms with Crippen LogP contribution in [0.15, 0.2) is 58.4 Å². The summed E-state index contributed by atoms with van der Waals surface area (Å²) < 4.78 is 1.44. The summed E-state index contributed by atoms with van der Waals surface area (Å²) in [5, 5.41) is 11.3. The molecule has 3 aliphatic heterocycles. The summed E-state index contributed by atoms with van der Waals surface area (Å²) in [5.74, 6) is -2.48. The average Bonchev–Trinajstić information content (AvgIpc) is 3.40. The lowest BCUT2D eigenvalue weighted by atomic mass is 9.83. The van der Waals surface area contributed by atoms with Crippen molar-refractivity contribution < 1.29 is 19.3 Å². The van der Waals surface area contributed by atoms with E-state index in [0.717, 1.165) is 52.8 Å². The van der Waals surface area contributed by atoms with Crippen LogP contribution < -0.4 is 9.77 Å². The minimum Gasteiger partial charge on any atom is -0.341 e. The average molecular weight is 599 g/mol. The molecule has 6 rings (SSSR count). The summed E-state index contributed by atoms with van der Waals surface area (Å²) in [6, 6.07) is 12.2. The highest BCUT2D eigenvalue weighted by molar-refractivity contribution is 8.00. The van der Waals surface area contributed by atoms with Crippen LogP contribution in [0.2, 0.25) is 5.02 Å². The Morgan fingerprint density at radius 3 is 2.30 bits per heavy atom. The maximum absolute atomic E-state index is 13.9. The lowest BCUT2D eigenvalue weighted by Gasteiger charge is -2.31. The molecular weight excluding hydrogens is 576 g/mol. The Kier molecular flexibility index (Phi) is 7.01. The minimum absolute atomic E-state index is 0.128. The summed E-state index contributed by atoms with van der Waals surface area (Å²) in [6.07, 6.45) is 2.92. The number of rotatable bonds is 5. The predicted octanol–water partition coefficient (Wildman–Crippen LogP) is 4.28. The van der Waals surface area contributed by atoms with Gasteiger partial charge in [0.25, 0.3) is 5.69 Å². The molecule has 2 aromatic carbocycles. The van der Waals surface area contributed by atoms with E-state index in [1.54, 1.807) is 29.2 Å². The fraction of sp³-hybridized carbons (Fsp3) is 0.333. The van der Waals surface area contributed by atoms with Gasteiger partial charge in [-0.3, -0.25) is 33.9 Å². The molecule has 10 nitrogen and oxygen atoms in total. The maximum atomic E-state index is 13.9. The van der Waals surface area contributed by atoms with Gasteiger partial charge in [0.2, 0.25) is 17.7 Å². The number of non-ortho nitro benzene ring substituents is 1. The molecule has 3 amide bonds. The third-order valence-corrected chi connectivity index (χ3v) is 10.5. The molecule has 0 aliphatic carbocycles. The van der Waals surface area contributed by atoms with Crippen LogP contribution in [0.1, 0.15) is 35.6 Å². The molecule has 2 saturated heterocycles. The number of carbonyl (C=O) groups is 3. The van der Waals surface area contributed by atoms with Crippen molar-refractivity contribution in [2.45, 2.75) is 42.0 Å². The summed E-state index contributed by atoms with van der Waals surface area (Å²) in [6.45, 7) is 1.18. The molecule has 0 bridgehead atoms. The zero-order chi connectivity index (χ0) is 28.1. The van der Waals surface area contributed by atoms with Crippen LogP contribution in [-0.2, 0) is 20.9 Å². The van der Waals surface area contributed by atoms with Crippen molar-refractivity contribution in [2.24, 2.45) is 5.92 Å². The van der Waals surface area contributed by atoms with Crippen LogP contribution in [0.4, 0.5) is 11.4 Å². The Hall–Kier alpha value is -3.48. The van der Waals surface area contributed by atoms with Gasteiger partial charge in [-0.25, -0.2) is 4.90 Å². The normalized spacial score (nSPS) is 22.3. The molecular formula is C27H23ClN4O6S2. The first-order valence-corrected chi connectivity index (χ1v) is 14.9. The second-order valence-corrected chi connectivity index (χ2v) is 12.5. The van der Waals surface area contributed by atoms with Crippen LogP contribution in [-0.4, -0.2) is 50.5 Å². The second kappa shape index (κ2) is 10.5. The number of thioether (sulfide) groups is 1. The topological polar surface area (TPSA) is 123 Å². The van der Waals surface area contributed by atoms with Crippen LogP contribution in [0, 0.1) is 16.0 Å². The van der Waals surface area contributed by atoms with Gasteiger partial charge < -0.3 is 4.90 Å². The molecule has 0 spiro atoms. The molecule has 13 heteroatoms. The number of fused-ring (bicyclic) bond motifs is 2. The number of benzene rings is 2. The summed E-state index contributed by atoms with van der Waals surface area (Å²) in [7, 11) is 0. The molecule has 3 aromatic rings. The Balaban J connectivity index is 1.41. The molecule has 3 aliphatic rings. The third-order valence-electron chi connectivity index (χ3n) is 7.60. The van der Waals surface area contributed by atoms with Gasteiger partial charge in [0.1, 0.15) is 11.8 Å². The van der Waals surface area contributed by atoms with Gasteiger partial charge in [-0.05, 0) is 49.1 Å². The molecule has 1 aromatic heterocycles. The van der Waals surface area contributed by atoms with Crippen molar-refractivity contribution >= 4 is 63.8 Å². The van der Waals surface area contributed by atoms with Crippen LogP contribution in [0.5, 0.6) is 0 Å². The number of anilines is 1. The van der Waals surface area contributed by atoms with E-state index in [0.29, 0.717) is 28.0 Å². The molecule has 0 radical (unpaired) electrons. The minimum atomic E-state index is -0.846. The predicted molar refractivity (Wildman–Crippen MR) is 151 cm³/mol. The van der Waals surface area contributed by atoms with Gasteiger partial charge in [0.15, 0.2) is 0 Å². The van der Waals surface area contributed by atoms with Crippen molar-refractivity contribution in [3.05, 3.63) is 83.8 Å². The van der Waals surface area contributed by atoms with Crippen molar-refractivity contribution in [1.82, 2.24) is 9.47 Å². The van der Waals surface area contributed by atoms with Crippen LogP contribution >= 0.6 is 34.7 Å². The number of thiazole rings is 1. The fourth-order valence-corrected chi connectivity index (χ4v) is 8.54. The molecule has 40 heavy (non-hydrogen) atoms. The zero-order valence-electron chi connectivity index (χ0n) is 21.0. The van der Waals surface area contributed by atoms with Gasteiger partial charge in [-0.15, -0.1) is 0 Å². The highest BCUT2D eigenvalue weighted by atomic mass is 35.5. The molecule has 0 unspecified atom stereocenters. The fourth-order valence-electron chi connectivity index (χ4n) is 5.64. The number of piperidine rings is 1. The Morgan fingerprint density at radius 1 is 0.975 bits per heavy atom. The second-order valence-electron chi connectivity index (χ2n) is 9.94. The number of carbonyl (C=O) groups excluding carboxylic acids is 3. The van der Waals surface area contributed by atoms with Crippen LogP contribution in [0.25, 0.3) is 0 Å². The van der Waals surface area contributed by atoms with Gasteiger partial charge in [0, 0.05) is 41.0 Å². The van der Waals surface area contributed by atoms with E-state index in [9.17, 15) is 29.3 Å². The van der Waals surface area contributed by atoms with E-state index in [2.05, 4.69) is 0 Å². The smallest absolute Gasteiger partial charge is 0.308 e. The number of hydrogen-bond acceptors (Lipinski definition) is 8. The number of imide groups is 1. The zero-order valence-corrected chi connectivity index (χ0v) is 23.4. The van der Waals surface area contributed by atoms with Crippen LogP contribution in [0.3, 0.4) is 0 Å². The summed E-state index contributed by atoms with van der Waals surface area (Å²) in [5.41, 5.74) is 0.813. The van der Waals surface area contributed by atoms with Gasteiger partial charge >= 0.3 is 4.87 Å². The summed E-state index contributed by atoms with van der Waals surface area (Å²) >= 11 is 8.27. The number of nitro groups is 1. The number of amides is 3.